The van der Waals surface area contributed by atoms with Crippen molar-refractivity contribution in [2.75, 3.05) is 11.9 Å². The lowest BCUT2D eigenvalue weighted by Crippen LogP contribution is -2.16. The summed E-state index contributed by atoms with van der Waals surface area (Å²) in [5.74, 6) is -0.803. The Balaban J connectivity index is 0.000000404. The molecule has 0 aromatic carbocycles. The molecule has 170 valence electrons. The highest BCUT2D eigenvalue weighted by Gasteiger charge is 2.28. The fourth-order valence-electron chi connectivity index (χ4n) is 3.49. The number of hydrogen-bond donors (Lipinski definition) is 4. The van der Waals surface area contributed by atoms with Crippen LogP contribution in [0.1, 0.15) is 72.4 Å². The molecule has 10 heteroatoms. The fraction of sp³-hybridized carbons (Fsp3) is 0.750. The molecule has 1 saturated carbocycles. The highest BCUT2D eigenvalue weighted by molar-refractivity contribution is 6.28. The van der Waals surface area contributed by atoms with E-state index in [2.05, 4.69) is 20.3 Å². The molecule has 30 heavy (non-hydrogen) atoms. The van der Waals surface area contributed by atoms with E-state index in [1.54, 1.807) is 6.33 Å². The zero-order chi connectivity index (χ0) is 22.3. The maximum Gasteiger partial charge on any atom is 0.226 e. The predicted octanol–water partition coefficient (Wildman–Crippen LogP) is 3.24. The lowest BCUT2D eigenvalue weighted by molar-refractivity contribution is -0.127. The van der Waals surface area contributed by atoms with Gasteiger partial charge in [-0.3, -0.25) is 4.57 Å². The molecule has 1 aliphatic carbocycles. The van der Waals surface area contributed by atoms with Crippen molar-refractivity contribution >= 4 is 28.6 Å². The van der Waals surface area contributed by atoms with Crippen molar-refractivity contribution in [2.45, 2.75) is 90.4 Å². The Hall–Kier alpha value is -1.52. The third-order valence-electron chi connectivity index (χ3n) is 4.69. The minimum absolute atomic E-state index is 0.0351. The summed E-state index contributed by atoms with van der Waals surface area (Å²) in [5.41, 5.74) is 1.39. The van der Waals surface area contributed by atoms with Gasteiger partial charge >= 0.3 is 0 Å². The van der Waals surface area contributed by atoms with Gasteiger partial charge in [0.15, 0.2) is 22.8 Å². The number of aliphatic hydroxyl groups excluding tert-OH is 1. The van der Waals surface area contributed by atoms with Crippen LogP contribution in [-0.2, 0) is 4.74 Å². The monoisotopic (exact) mass is 443 g/mol. The average Bonchev–Trinajstić information content (AvgIpc) is 3.42. The zero-order valence-electron chi connectivity index (χ0n) is 18.2. The number of nitrogens with one attached hydrogen (secondary N) is 1. The van der Waals surface area contributed by atoms with Gasteiger partial charge < -0.3 is 25.4 Å². The first-order valence-corrected chi connectivity index (χ1v) is 11.0. The molecule has 2 fully saturated rings. The van der Waals surface area contributed by atoms with Crippen LogP contribution in [0.3, 0.4) is 0 Å². The summed E-state index contributed by atoms with van der Waals surface area (Å²) in [5, 5.41) is 29.0. The number of imidazole rings is 1. The number of aliphatic hydroxyl groups is 3. The molecule has 2 aromatic heterocycles. The van der Waals surface area contributed by atoms with Gasteiger partial charge in [0.05, 0.1) is 19.0 Å². The van der Waals surface area contributed by atoms with Crippen molar-refractivity contribution in [1.82, 2.24) is 19.5 Å². The van der Waals surface area contributed by atoms with E-state index < -0.39 is 5.79 Å². The largest absolute Gasteiger partial charge is 0.394 e. The normalized spacial score (nSPS) is 21.7. The number of fused-ring (bicyclic) bond motifs is 1. The minimum Gasteiger partial charge on any atom is -0.394 e. The summed E-state index contributed by atoms with van der Waals surface area (Å²) >= 11 is 6.12. The van der Waals surface area contributed by atoms with Gasteiger partial charge in [-0.25, -0.2) is 4.98 Å². The van der Waals surface area contributed by atoms with Crippen LogP contribution in [0.4, 0.5) is 5.82 Å². The number of aromatic nitrogens is 4. The smallest absolute Gasteiger partial charge is 0.226 e. The summed E-state index contributed by atoms with van der Waals surface area (Å²) in [6.07, 6.45) is 7.87. The summed E-state index contributed by atoms with van der Waals surface area (Å²) in [6, 6.07) is 0.427. The van der Waals surface area contributed by atoms with Crippen LogP contribution < -0.4 is 5.32 Å². The van der Waals surface area contributed by atoms with Crippen LogP contribution in [0.2, 0.25) is 5.28 Å². The molecule has 1 aliphatic heterocycles. The first-order valence-electron chi connectivity index (χ1n) is 10.6. The minimum atomic E-state index is -1.50. The number of rotatable bonds is 4. The molecule has 1 saturated heterocycles. The molecule has 2 aromatic rings. The van der Waals surface area contributed by atoms with E-state index in [-0.39, 0.29) is 24.2 Å². The number of halogens is 1. The van der Waals surface area contributed by atoms with Crippen molar-refractivity contribution in [2.24, 2.45) is 0 Å². The molecule has 2 aliphatic rings. The van der Waals surface area contributed by atoms with Crippen molar-refractivity contribution in [1.29, 1.82) is 0 Å². The second kappa shape index (κ2) is 11.2. The Morgan fingerprint density at radius 1 is 1.17 bits per heavy atom. The molecule has 4 rings (SSSR count). The van der Waals surface area contributed by atoms with E-state index in [1.807, 2.05) is 18.4 Å². The van der Waals surface area contributed by atoms with Gasteiger partial charge in [-0.2, -0.15) is 9.97 Å². The van der Waals surface area contributed by atoms with Crippen LogP contribution in [-0.4, -0.2) is 59.4 Å². The first-order chi connectivity index (χ1) is 14.2. The summed E-state index contributed by atoms with van der Waals surface area (Å²) in [6.45, 7) is 6.63. The molecule has 0 radical (unpaired) electrons. The molecular weight excluding hydrogens is 410 g/mol. The van der Waals surface area contributed by atoms with Crippen LogP contribution in [0, 0.1) is 0 Å². The van der Waals surface area contributed by atoms with Crippen molar-refractivity contribution in [3.05, 3.63) is 11.6 Å². The second-order valence-corrected chi connectivity index (χ2v) is 8.10. The summed E-state index contributed by atoms with van der Waals surface area (Å²) in [4.78, 5) is 13.1. The van der Waals surface area contributed by atoms with E-state index in [1.165, 1.54) is 26.7 Å². The van der Waals surface area contributed by atoms with Gasteiger partial charge in [-0.1, -0.05) is 26.7 Å². The van der Waals surface area contributed by atoms with Gasteiger partial charge in [0, 0.05) is 6.04 Å². The molecule has 9 nitrogen and oxygen atoms in total. The van der Waals surface area contributed by atoms with Gasteiger partial charge in [0.25, 0.3) is 0 Å². The van der Waals surface area contributed by atoms with E-state index in [4.69, 9.17) is 26.6 Å². The number of ether oxygens (including phenoxy) is 1. The molecule has 0 amide bonds. The van der Waals surface area contributed by atoms with E-state index >= 15 is 0 Å². The van der Waals surface area contributed by atoms with E-state index in [9.17, 15) is 5.11 Å². The highest BCUT2D eigenvalue weighted by atomic mass is 35.5. The topological polar surface area (TPSA) is 126 Å². The quantitative estimate of drug-likeness (QED) is 0.419. The predicted molar refractivity (Wildman–Crippen MR) is 116 cm³/mol. The molecule has 4 N–H and O–H groups in total. The zero-order valence-corrected chi connectivity index (χ0v) is 18.9. The third-order valence-corrected chi connectivity index (χ3v) is 4.86. The van der Waals surface area contributed by atoms with Crippen LogP contribution in [0.15, 0.2) is 6.33 Å². The van der Waals surface area contributed by atoms with Gasteiger partial charge in [0.2, 0.25) is 5.28 Å². The molecule has 2 unspecified atom stereocenters. The summed E-state index contributed by atoms with van der Waals surface area (Å²) in [7, 11) is 0. The van der Waals surface area contributed by atoms with Crippen molar-refractivity contribution in [3.63, 3.8) is 0 Å². The molecule has 0 spiro atoms. The maximum atomic E-state index is 9.24. The highest BCUT2D eigenvalue weighted by Crippen LogP contribution is 2.32. The Morgan fingerprint density at radius 3 is 2.37 bits per heavy atom. The Labute approximate surface area is 182 Å². The SMILES string of the molecule is CC.CC(C)(O)O.OCC1CCC(n2cnc3c(NC4CCCC4)nc(Cl)nc32)O1. The number of hydrogen-bond acceptors (Lipinski definition) is 8. The average molecular weight is 444 g/mol. The Bertz CT molecular complexity index is 783. The van der Waals surface area contributed by atoms with Gasteiger partial charge in [-0.05, 0) is 51.1 Å². The molecule has 0 bridgehead atoms. The first kappa shape index (κ1) is 24.7. The Kier molecular flexibility index (Phi) is 9.24. The number of anilines is 1. The van der Waals surface area contributed by atoms with Gasteiger partial charge in [0.1, 0.15) is 6.23 Å². The standard InChI is InChI=1S/C15H20ClN5O2.C3H8O2.C2H6/c16-15-19-13(18-9-3-1-2-4-9)12-14(20-15)21(8-17-12)11-6-5-10(7-22)23-11;1-3(2,4)5;1-2/h8-11,22H,1-7H2,(H,18,19,20);4-5H,1-2H3;1-2H3. The lowest BCUT2D eigenvalue weighted by Gasteiger charge is -2.15. The van der Waals surface area contributed by atoms with E-state index in [0.717, 1.165) is 31.2 Å². The fourth-order valence-corrected chi connectivity index (χ4v) is 3.66. The number of nitrogens with zero attached hydrogens (tertiary/aromatic N) is 4. The lowest BCUT2D eigenvalue weighted by atomic mass is 10.2. The molecule has 3 heterocycles. The van der Waals surface area contributed by atoms with Crippen LogP contribution in [0.5, 0.6) is 0 Å². The van der Waals surface area contributed by atoms with Crippen LogP contribution >= 0.6 is 11.6 Å². The van der Waals surface area contributed by atoms with Crippen molar-refractivity contribution < 1.29 is 20.1 Å². The second-order valence-electron chi connectivity index (χ2n) is 7.76. The van der Waals surface area contributed by atoms with E-state index in [0.29, 0.717) is 17.5 Å². The van der Waals surface area contributed by atoms with Crippen LogP contribution in [0.25, 0.3) is 11.2 Å². The Morgan fingerprint density at radius 2 is 1.80 bits per heavy atom. The summed E-state index contributed by atoms with van der Waals surface area (Å²) < 4.78 is 7.71. The molecule has 2 atom stereocenters. The van der Waals surface area contributed by atoms with Crippen molar-refractivity contribution in [3.8, 4) is 0 Å². The maximum absolute atomic E-state index is 9.24. The molecular formula is C20H34ClN5O4. The third kappa shape index (κ3) is 7.02. The van der Waals surface area contributed by atoms with Gasteiger partial charge in [-0.15, -0.1) is 0 Å².